The normalized spacial score (nSPS) is 12.9. The molecule has 0 amide bonds. The van der Waals surface area contributed by atoms with Gasteiger partial charge in [-0.3, -0.25) is 0 Å². The van der Waals surface area contributed by atoms with Gasteiger partial charge in [0, 0.05) is 43.7 Å². The summed E-state index contributed by atoms with van der Waals surface area (Å²) in [7, 11) is 0. The second-order valence-corrected chi connectivity index (χ2v) is 17.6. The molecule has 306 valence electrons. The summed E-state index contributed by atoms with van der Waals surface area (Å²) in [6.07, 6.45) is 0. The van der Waals surface area contributed by atoms with Crippen molar-refractivity contribution in [3.8, 4) is 78.7 Å². The molecule has 0 bridgehead atoms. The van der Waals surface area contributed by atoms with Crippen LogP contribution >= 0.6 is 0 Å². The van der Waals surface area contributed by atoms with Crippen molar-refractivity contribution in [3.05, 3.63) is 211 Å². The van der Waals surface area contributed by atoms with Crippen LogP contribution < -0.4 is 0 Å². The summed E-state index contributed by atoms with van der Waals surface area (Å²) < 4.78 is 12.9. The molecule has 0 radical (unpaired) electrons. The van der Waals surface area contributed by atoms with Crippen LogP contribution in [0.25, 0.3) is 123 Å². The van der Waals surface area contributed by atoms with Crippen molar-refractivity contribution in [3.63, 3.8) is 0 Å². The number of rotatable bonds is 6. The number of furan rings is 2. The van der Waals surface area contributed by atoms with E-state index in [-0.39, 0.29) is 5.41 Å². The summed E-state index contributed by atoms with van der Waals surface area (Å²) >= 11 is 0. The van der Waals surface area contributed by atoms with E-state index in [2.05, 4.69) is 172 Å². The van der Waals surface area contributed by atoms with Gasteiger partial charge in [0.15, 0.2) is 17.5 Å². The molecule has 3 aromatic heterocycles. The van der Waals surface area contributed by atoms with E-state index >= 15 is 0 Å². The van der Waals surface area contributed by atoms with E-state index in [4.69, 9.17) is 23.8 Å². The standard InChI is InChI=1S/C60H39N3O2/c1-60(2)50-19-8-6-16-44(50)48-33-40(27-30-51(48)60)37-22-24-38(25-23-37)41-28-31-53-49(34-41)56-47(18-11-21-54(56)64-53)59-62-57(42-15-10-14-39(32-42)36-12-4-3-5-13-36)61-58(63-59)43-26-29-46-45-17-7-9-20-52(45)65-55(46)35-43/h3-35H,1-2H3. The zero-order valence-electron chi connectivity index (χ0n) is 35.7. The van der Waals surface area contributed by atoms with E-state index in [0.29, 0.717) is 17.5 Å². The van der Waals surface area contributed by atoms with Gasteiger partial charge in [-0.05, 0) is 104 Å². The lowest BCUT2D eigenvalue weighted by atomic mass is 9.82. The summed E-state index contributed by atoms with van der Waals surface area (Å²) in [6, 6.07) is 70.3. The highest BCUT2D eigenvalue weighted by molar-refractivity contribution is 6.13. The predicted molar refractivity (Wildman–Crippen MR) is 265 cm³/mol. The van der Waals surface area contributed by atoms with Gasteiger partial charge in [0.25, 0.3) is 0 Å². The molecule has 3 heterocycles. The Balaban J connectivity index is 0.923. The molecule has 0 spiro atoms. The van der Waals surface area contributed by atoms with Gasteiger partial charge < -0.3 is 8.83 Å². The third-order valence-electron chi connectivity index (χ3n) is 13.4. The molecule has 0 N–H and O–H groups in total. The lowest BCUT2D eigenvalue weighted by Crippen LogP contribution is -2.14. The van der Waals surface area contributed by atoms with Crippen molar-refractivity contribution >= 4 is 43.9 Å². The number of para-hydroxylation sites is 1. The number of benzene rings is 9. The SMILES string of the molecule is CC1(C)c2ccccc2-c2cc(-c3ccc(-c4ccc5oc6cccc(-c7nc(-c8cccc(-c9ccccc9)c8)nc(-c8ccc9c(c8)oc8ccccc89)n7)c6c5c4)cc3)ccc21. The minimum absolute atomic E-state index is 0.0161. The van der Waals surface area contributed by atoms with Gasteiger partial charge in [-0.15, -0.1) is 0 Å². The van der Waals surface area contributed by atoms with Crippen LogP contribution in [0.15, 0.2) is 209 Å². The van der Waals surface area contributed by atoms with Crippen LogP contribution in [0.4, 0.5) is 0 Å². The number of aromatic nitrogens is 3. The first-order valence-electron chi connectivity index (χ1n) is 22.1. The summed E-state index contributed by atoms with van der Waals surface area (Å²) in [5.41, 5.74) is 18.0. The van der Waals surface area contributed by atoms with Gasteiger partial charge in [0.1, 0.15) is 22.3 Å². The lowest BCUT2D eigenvalue weighted by Gasteiger charge is -2.21. The van der Waals surface area contributed by atoms with Crippen LogP contribution in [-0.2, 0) is 5.41 Å². The van der Waals surface area contributed by atoms with Crippen LogP contribution in [0.2, 0.25) is 0 Å². The fraction of sp³-hybridized carbons (Fsp3) is 0.0500. The van der Waals surface area contributed by atoms with Gasteiger partial charge in [-0.25, -0.2) is 15.0 Å². The topological polar surface area (TPSA) is 65.0 Å². The number of hydrogen-bond donors (Lipinski definition) is 0. The van der Waals surface area contributed by atoms with E-state index in [9.17, 15) is 0 Å². The molecule has 0 unspecified atom stereocenters. The molecule has 9 aromatic carbocycles. The Morgan fingerprint density at radius 3 is 1.68 bits per heavy atom. The molecular formula is C60H39N3O2. The minimum Gasteiger partial charge on any atom is -0.456 e. The molecule has 5 nitrogen and oxygen atoms in total. The first kappa shape index (κ1) is 37.2. The Kier molecular flexibility index (Phi) is 8.18. The third kappa shape index (κ3) is 6.04. The number of nitrogens with zero attached hydrogens (tertiary/aromatic N) is 3. The highest BCUT2D eigenvalue weighted by Crippen LogP contribution is 2.49. The fourth-order valence-corrected chi connectivity index (χ4v) is 10.0. The van der Waals surface area contributed by atoms with Crippen molar-refractivity contribution < 1.29 is 8.83 Å². The van der Waals surface area contributed by atoms with Crippen molar-refractivity contribution in [1.29, 1.82) is 0 Å². The molecule has 5 heteroatoms. The molecule has 0 aliphatic heterocycles. The van der Waals surface area contributed by atoms with Crippen molar-refractivity contribution in [1.82, 2.24) is 15.0 Å². The molecule has 0 saturated heterocycles. The van der Waals surface area contributed by atoms with E-state index in [0.717, 1.165) is 82.8 Å². The van der Waals surface area contributed by atoms with Crippen LogP contribution in [-0.4, -0.2) is 15.0 Å². The van der Waals surface area contributed by atoms with Crippen LogP contribution in [0, 0.1) is 0 Å². The molecule has 0 atom stereocenters. The highest BCUT2D eigenvalue weighted by Gasteiger charge is 2.35. The molecule has 12 aromatic rings. The van der Waals surface area contributed by atoms with Crippen molar-refractivity contribution in [2.75, 3.05) is 0 Å². The second-order valence-electron chi connectivity index (χ2n) is 17.6. The maximum atomic E-state index is 6.55. The maximum absolute atomic E-state index is 6.55. The summed E-state index contributed by atoms with van der Waals surface area (Å²) in [6.45, 7) is 4.65. The molecule has 1 aliphatic carbocycles. The lowest BCUT2D eigenvalue weighted by molar-refractivity contribution is 0.660. The number of hydrogen-bond acceptors (Lipinski definition) is 5. The van der Waals surface area contributed by atoms with Gasteiger partial charge in [-0.2, -0.15) is 0 Å². The second kappa shape index (κ2) is 14.3. The Morgan fingerprint density at radius 2 is 0.831 bits per heavy atom. The molecule has 0 fully saturated rings. The molecule has 65 heavy (non-hydrogen) atoms. The zero-order chi connectivity index (χ0) is 43.2. The largest absolute Gasteiger partial charge is 0.456 e. The Hall–Kier alpha value is -8.41. The summed E-state index contributed by atoms with van der Waals surface area (Å²) in [5.74, 6) is 1.69. The first-order chi connectivity index (χ1) is 31.9. The molecule has 0 saturated carbocycles. The minimum atomic E-state index is -0.0161. The number of fused-ring (bicyclic) bond motifs is 9. The predicted octanol–water partition coefficient (Wildman–Crippen LogP) is 16.0. The molecule has 1 aliphatic rings. The van der Waals surface area contributed by atoms with E-state index in [1.807, 2.05) is 42.5 Å². The van der Waals surface area contributed by atoms with Gasteiger partial charge in [0.2, 0.25) is 0 Å². The van der Waals surface area contributed by atoms with Crippen LogP contribution in [0.3, 0.4) is 0 Å². The first-order valence-corrected chi connectivity index (χ1v) is 22.1. The van der Waals surface area contributed by atoms with Gasteiger partial charge >= 0.3 is 0 Å². The summed E-state index contributed by atoms with van der Waals surface area (Å²) in [5, 5.41) is 4.08. The quantitative estimate of drug-likeness (QED) is 0.167. The van der Waals surface area contributed by atoms with E-state index in [1.54, 1.807) is 0 Å². The van der Waals surface area contributed by atoms with Gasteiger partial charge in [-0.1, -0.05) is 166 Å². The van der Waals surface area contributed by atoms with Gasteiger partial charge in [0.05, 0.1) is 0 Å². The molecular weight excluding hydrogens is 795 g/mol. The Labute approximate surface area is 375 Å². The Morgan fingerprint density at radius 1 is 0.308 bits per heavy atom. The maximum Gasteiger partial charge on any atom is 0.164 e. The molecule has 13 rings (SSSR count). The van der Waals surface area contributed by atoms with E-state index < -0.39 is 0 Å². The third-order valence-corrected chi connectivity index (χ3v) is 13.4. The van der Waals surface area contributed by atoms with Crippen LogP contribution in [0.1, 0.15) is 25.0 Å². The Bertz CT molecular complexity index is 3860. The summed E-state index contributed by atoms with van der Waals surface area (Å²) in [4.78, 5) is 15.6. The average molecular weight is 834 g/mol. The monoisotopic (exact) mass is 833 g/mol. The zero-order valence-corrected chi connectivity index (χ0v) is 35.7. The fourth-order valence-electron chi connectivity index (χ4n) is 10.0. The van der Waals surface area contributed by atoms with Crippen molar-refractivity contribution in [2.24, 2.45) is 0 Å². The van der Waals surface area contributed by atoms with Crippen LogP contribution in [0.5, 0.6) is 0 Å². The van der Waals surface area contributed by atoms with E-state index in [1.165, 1.54) is 33.4 Å². The van der Waals surface area contributed by atoms with Crippen molar-refractivity contribution in [2.45, 2.75) is 19.3 Å². The highest BCUT2D eigenvalue weighted by atomic mass is 16.3. The smallest absolute Gasteiger partial charge is 0.164 e. The average Bonchev–Trinajstić information content (AvgIpc) is 4.01.